The van der Waals surface area contributed by atoms with Gasteiger partial charge in [-0.05, 0) is 62.3 Å². The average molecular weight is 324 g/mol. The molecule has 3 rings (SSSR count). The smallest absolute Gasteiger partial charge is 0.122 e. The summed E-state index contributed by atoms with van der Waals surface area (Å²) in [6.45, 7) is 7.35. The third kappa shape index (κ3) is 3.40. The van der Waals surface area contributed by atoms with Gasteiger partial charge in [0.1, 0.15) is 11.6 Å². The first-order chi connectivity index (χ1) is 11.6. The number of rotatable bonds is 5. The summed E-state index contributed by atoms with van der Waals surface area (Å²) in [5, 5.41) is 0. The standard InChI is InChI=1S/C21H28N2O/c1-5-21-22-16(3)14-23(21)13-15(2)12-17-10-11-20(24-4)19-9-7-6-8-18(17)19/h10-12,14H,5-9,13H2,1-4H3/b15-12+. The van der Waals surface area contributed by atoms with Crippen LogP contribution in [0.25, 0.3) is 6.08 Å². The van der Waals surface area contributed by atoms with Crippen molar-refractivity contribution >= 4 is 6.08 Å². The van der Waals surface area contributed by atoms with E-state index in [9.17, 15) is 0 Å². The van der Waals surface area contributed by atoms with Crippen molar-refractivity contribution < 1.29 is 4.74 Å². The fourth-order valence-corrected chi connectivity index (χ4v) is 3.78. The van der Waals surface area contributed by atoms with Crippen LogP contribution in [0, 0.1) is 6.92 Å². The lowest BCUT2D eigenvalue weighted by Crippen LogP contribution is -2.07. The minimum absolute atomic E-state index is 0.908. The zero-order valence-electron chi connectivity index (χ0n) is 15.4. The summed E-state index contributed by atoms with van der Waals surface area (Å²) >= 11 is 0. The topological polar surface area (TPSA) is 27.1 Å². The van der Waals surface area contributed by atoms with E-state index in [0.717, 1.165) is 43.1 Å². The Labute approximate surface area is 145 Å². The van der Waals surface area contributed by atoms with E-state index in [1.165, 1.54) is 35.1 Å². The second-order valence-corrected chi connectivity index (χ2v) is 6.79. The van der Waals surface area contributed by atoms with Crippen LogP contribution in [0.15, 0.2) is 23.9 Å². The molecule has 1 aromatic carbocycles. The SMILES string of the molecule is CCc1nc(C)cn1C/C(C)=C/c1ccc(OC)c2c1CCCC2. The summed E-state index contributed by atoms with van der Waals surface area (Å²) in [5.41, 5.74) is 6.72. The molecule has 1 aliphatic carbocycles. The Balaban J connectivity index is 1.90. The number of allylic oxidation sites excluding steroid dienone is 1. The zero-order chi connectivity index (χ0) is 17.1. The lowest BCUT2D eigenvalue weighted by atomic mass is 9.87. The molecule has 0 saturated carbocycles. The van der Waals surface area contributed by atoms with E-state index in [1.807, 2.05) is 0 Å². The maximum Gasteiger partial charge on any atom is 0.122 e. The molecular formula is C21H28N2O. The summed E-state index contributed by atoms with van der Waals surface area (Å²) < 4.78 is 7.84. The quantitative estimate of drug-likeness (QED) is 0.794. The molecular weight excluding hydrogens is 296 g/mol. The molecule has 1 heterocycles. The van der Waals surface area contributed by atoms with Crippen LogP contribution in [0.3, 0.4) is 0 Å². The molecule has 0 saturated heterocycles. The number of hydrogen-bond acceptors (Lipinski definition) is 2. The fourth-order valence-electron chi connectivity index (χ4n) is 3.78. The van der Waals surface area contributed by atoms with Gasteiger partial charge in [0.25, 0.3) is 0 Å². The van der Waals surface area contributed by atoms with Gasteiger partial charge in [-0.15, -0.1) is 0 Å². The number of ether oxygens (including phenoxy) is 1. The predicted octanol–water partition coefficient (Wildman–Crippen LogP) is 4.74. The molecule has 0 bridgehead atoms. The molecule has 3 nitrogen and oxygen atoms in total. The second-order valence-electron chi connectivity index (χ2n) is 6.79. The van der Waals surface area contributed by atoms with Crippen LogP contribution in [0.1, 0.15) is 54.9 Å². The molecule has 0 amide bonds. The summed E-state index contributed by atoms with van der Waals surface area (Å²) in [6.07, 6.45) is 10.3. The highest BCUT2D eigenvalue weighted by atomic mass is 16.5. The number of methoxy groups -OCH3 is 1. The van der Waals surface area contributed by atoms with Gasteiger partial charge >= 0.3 is 0 Å². The molecule has 3 heteroatoms. The van der Waals surface area contributed by atoms with E-state index in [-0.39, 0.29) is 0 Å². The summed E-state index contributed by atoms with van der Waals surface area (Å²) in [7, 11) is 1.78. The van der Waals surface area contributed by atoms with Crippen molar-refractivity contribution in [2.45, 2.75) is 59.4 Å². The van der Waals surface area contributed by atoms with Crippen molar-refractivity contribution in [1.82, 2.24) is 9.55 Å². The lowest BCUT2D eigenvalue weighted by molar-refractivity contribution is 0.406. The number of aryl methyl sites for hydroxylation is 2. The number of fused-ring (bicyclic) bond motifs is 1. The molecule has 128 valence electrons. The van der Waals surface area contributed by atoms with Crippen LogP contribution < -0.4 is 4.74 Å². The molecule has 1 aliphatic rings. The number of benzene rings is 1. The van der Waals surface area contributed by atoms with Crippen LogP contribution >= 0.6 is 0 Å². The van der Waals surface area contributed by atoms with Gasteiger partial charge in [0.15, 0.2) is 0 Å². The lowest BCUT2D eigenvalue weighted by Gasteiger charge is -2.21. The van der Waals surface area contributed by atoms with Gasteiger partial charge in [-0.3, -0.25) is 0 Å². The zero-order valence-corrected chi connectivity index (χ0v) is 15.4. The fraction of sp³-hybridized carbons (Fsp3) is 0.476. The van der Waals surface area contributed by atoms with E-state index in [2.05, 4.69) is 54.7 Å². The van der Waals surface area contributed by atoms with Crippen LogP contribution in [0.2, 0.25) is 0 Å². The number of aromatic nitrogens is 2. The minimum atomic E-state index is 0.908. The number of hydrogen-bond donors (Lipinski definition) is 0. The maximum atomic E-state index is 5.57. The molecule has 0 aliphatic heterocycles. The Morgan fingerprint density at radius 1 is 1.25 bits per heavy atom. The van der Waals surface area contributed by atoms with Gasteiger partial charge in [-0.25, -0.2) is 4.98 Å². The van der Waals surface area contributed by atoms with Gasteiger partial charge < -0.3 is 9.30 Å². The van der Waals surface area contributed by atoms with E-state index in [0.29, 0.717) is 0 Å². The van der Waals surface area contributed by atoms with E-state index >= 15 is 0 Å². The normalized spacial score (nSPS) is 14.6. The van der Waals surface area contributed by atoms with Crippen molar-refractivity contribution in [2.24, 2.45) is 0 Å². The third-order valence-corrected chi connectivity index (χ3v) is 4.87. The maximum absolute atomic E-state index is 5.57. The predicted molar refractivity (Wildman–Crippen MR) is 99.6 cm³/mol. The number of imidazole rings is 1. The van der Waals surface area contributed by atoms with Crippen molar-refractivity contribution in [3.05, 3.63) is 52.1 Å². The van der Waals surface area contributed by atoms with Crippen LogP contribution in [-0.4, -0.2) is 16.7 Å². The summed E-state index contributed by atoms with van der Waals surface area (Å²) in [5.74, 6) is 2.22. The van der Waals surface area contributed by atoms with E-state index < -0.39 is 0 Å². The van der Waals surface area contributed by atoms with Crippen LogP contribution in [0.5, 0.6) is 5.75 Å². The average Bonchev–Trinajstić information content (AvgIpc) is 2.94. The minimum Gasteiger partial charge on any atom is -0.496 e. The molecule has 0 unspecified atom stereocenters. The highest BCUT2D eigenvalue weighted by Gasteiger charge is 2.16. The Morgan fingerprint density at radius 3 is 2.71 bits per heavy atom. The van der Waals surface area contributed by atoms with Gasteiger partial charge in [0.05, 0.1) is 12.8 Å². The largest absolute Gasteiger partial charge is 0.496 e. The third-order valence-electron chi connectivity index (χ3n) is 4.87. The van der Waals surface area contributed by atoms with Crippen molar-refractivity contribution in [3.63, 3.8) is 0 Å². The highest BCUT2D eigenvalue weighted by Crippen LogP contribution is 2.33. The Kier molecular flexibility index (Phi) is 5.08. The molecule has 2 aromatic rings. The van der Waals surface area contributed by atoms with E-state index in [4.69, 9.17) is 4.74 Å². The van der Waals surface area contributed by atoms with Crippen molar-refractivity contribution in [1.29, 1.82) is 0 Å². The Morgan fingerprint density at radius 2 is 2.00 bits per heavy atom. The number of nitrogens with zero attached hydrogens (tertiary/aromatic N) is 2. The van der Waals surface area contributed by atoms with E-state index in [1.54, 1.807) is 7.11 Å². The monoisotopic (exact) mass is 324 g/mol. The van der Waals surface area contributed by atoms with Crippen molar-refractivity contribution in [2.75, 3.05) is 7.11 Å². The molecule has 0 spiro atoms. The van der Waals surface area contributed by atoms with Crippen LogP contribution in [-0.2, 0) is 25.8 Å². The molecule has 24 heavy (non-hydrogen) atoms. The van der Waals surface area contributed by atoms with Gasteiger partial charge in [-0.1, -0.05) is 24.6 Å². The second kappa shape index (κ2) is 7.25. The molecule has 0 N–H and O–H groups in total. The molecule has 0 radical (unpaired) electrons. The molecule has 0 atom stereocenters. The van der Waals surface area contributed by atoms with Gasteiger partial charge in [0.2, 0.25) is 0 Å². The van der Waals surface area contributed by atoms with Gasteiger partial charge in [0, 0.05) is 19.2 Å². The first-order valence-electron chi connectivity index (χ1n) is 9.01. The highest BCUT2D eigenvalue weighted by molar-refractivity contribution is 5.61. The Bertz CT molecular complexity index is 755. The summed E-state index contributed by atoms with van der Waals surface area (Å²) in [6, 6.07) is 4.34. The molecule has 0 fully saturated rings. The molecule has 1 aromatic heterocycles. The first kappa shape index (κ1) is 16.8. The van der Waals surface area contributed by atoms with Crippen molar-refractivity contribution in [3.8, 4) is 5.75 Å². The first-order valence-corrected chi connectivity index (χ1v) is 9.01. The Hall–Kier alpha value is -2.03. The van der Waals surface area contributed by atoms with Crippen LogP contribution in [0.4, 0.5) is 0 Å². The summed E-state index contributed by atoms with van der Waals surface area (Å²) in [4.78, 5) is 4.60. The van der Waals surface area contributed by atoms with Gasteiger partial charge in [-0.2, -0.15) is 0 Å².